The third-order valence-corrected chi connectivity index (χ3v) is 2.72. The third-order valence-electron chi connectivity index (χ3n) is 2.72. The molecule has 0 aromatic heterocycles. The average molecular weight is 195 g/mol. The van der Waals surface area contributed by atoms with Gasteiger partial charge in [-0.1, -0.05) is 36.4 Å². The van der Waals surface area contributed by atoms with E-state index in [-0.39, 0.29) is 12.2 Å². The number of benzene rings is 2. The Morgan fingerprint density at radius 1 is 1.07 bits per heavy atom. The van der Waals surface area contributed by atoms with Gasteiger partial charge in [0, 0.05) is 0 Å². The first-order valence-corrected chi connectivity index (χ1v) is 4.92. The largest absolute Gasteiger partial charge is 0.348 e. The average Bonchev–Trinajstić information content (AvgIpc) is 3.08. The minimum absolute atomic E-state index is 0.0143. The van der Waals surface area contributed by atoms with E-state index < -0.39 is 0 Å². The predicted octanol–water partition coefficient (Wildman–Crippen LogP) is 2.80. The number of ether oxygens (including phenoxy) is 1. The molecule has 0 radical (unpaired) electrons. The molecule has 0 saturated carbocycles. The van der Waals surface area contributed by atoms with Crippen LogP contribution in [0.3, 0.4) is 0 Å². The van der Waals surface area contributed by atoms with Crippen LogP contribution >= 0.6 is 0 Å². The van der Waals surface area contributed by atoms with Crippen molar-refractivity contribution in [3.63, 3.8) is 0 Å². The molecule has 1 aliphatic heterocycles. The molecule has 1 heterocycles. The van der Waals surface area contributed by atoms with Gasteiger partial charge in [-0.05, 0) is 22.4 Å². The standard InChI is InChI=1S/C13H9NO/c14-8-12-13(15-12)11-6-5-9-3-1-2-4-10(9)7-11/h1-7,12-13H. The molecule has 0 bridgehead atoms. The van der Waals surface area contributed by atoms with Gasteiger partial charge < -0.3 is 4.74 Å². The van der Waals surface area contributed by atoms with E-state index in [2.05, 4.69) is 30.3 Å². The lowest BCUT2D eigenvalue weighted by Gasteiger charge is -1.99. The van der Waals surface area contributed by atoms with Gasteiger partial charge in [-0.3, -0.25) is 0 Å². The molecule has 2 heteroatoms. The number of nitrogens with zero attached hydrogens (tertiary/aromatic N) is 1. The highest BCUT2D eigenvalue weighted by Crippen LogP contribution is 2.38. The van der Waals surface area contributed by atoms with Crippen LogP contribution in [-0.2, 0) is 4.74 Å². The first kappa shape index (κ1) is 8.46. The van der Waals surface area contributed by atoms with Crippen molar-refractivity contribution in [2.45, 2.75) is 12.2 Å². The summed E-state index contributed by atoms with van der Waals surface area (Å²) >= 11 is 0. The van der Waals surface area contributed by atoms with Gasteiger partial charge in [0.05, 0.1) is 6.07 Å². The summed E-state index contributed by atoms with van der Waals surface area (Å²) in [6, 6.07) is 16.5. The van der Waals surface area contributed by atoms with Crippen molar-refractivity contribution in [2.24, 2.45) is 0 Å². The molecule has 2 aromatic carbocycles. The van der Waals surface area contributed by atoms with E-state index in [1.807, 2.05) is 18.2 Å². The number of hydrogen-bond acceptors (Lipinski definition) is 2. The zero-order valence-corrected chi connectivity index (χ0v) is 8.05. The fourth-order valence-corrected chi connectivity index (χ4v) is 1.85. The molecule has 2 aromatic rings. The Labute approximate surface area is 87.7 Å². The van der Waals surface area contributed by atoms with Crippen LogP contribution in [0.1, 0.15) is 11.7 Å². The van der Waals surface area contributed by atoms with Crippen LogP contribution in [0.2, 0.25) is 0 Å². The van der Waals surface area contributed by atoms with E-state index in [1.54, 1.807) is 0 Å². The van der Waals surface area contributed by atoms with E-state index in [0.717, 1.165) is 5.56 Å². The summed E-state index contributed by atoms with van der Waals surface area (Å²) in [4.78, 5) is 0. The molecule has 1 aliphatic rings. The molecule has 0 amide bonds. The molecule has 3 rings (SSSR count). The van der Waals surface area contributed by atoms with Gasteiger partial charge in [0.25, 0.3) is 0 Å². The van der Waals surface area contributed by atoms with Crippen LogP contribution in [0.5, 0.6) is 0 Å². The van der Waals surface area contributed by atoms with Crippen LogP contribution in [0, 0.1) is 11.3 Å². The molecule has 72 valence electrons. The zero-order valence-electron chi connectivity index (χ0n) is 8.05. The van der Waals surface area contributed by atoms with E-state index in [0.29, 0.717) is 0 Å². The highest BCUT2D eigenvalue weighted by Gasteiger charge is 2.40. The van der Waals surface area contributed by atoms with Crippen molar-refractivity contribution in [1.29, 1.82) is 5.26 Å². The minimum atomic E-state index is -0.244. The van der Waals surface area contributed by atoms with Crippen LogP contribution in [-0.4, -0.2) is 6.10 Å². The summed E-state index contributed by atoms with van der Waals surface area (Å²) in [5.41, 5.74) is 1.10. The van der Waals surface area contributed by atoms with Crippen LogP contribution in [0.4, 0.5) is 0 Å². The van der Waals surface area contributed by atoms with Crippen molar-refractivity contribution in [3.8, 4) is 6.07 Å². The second-order valence-corrected chi connectivity index (χ2v) is 3.71. The summed E-state index contributed by atoms with van der Waals surface area (Å²) in [6.45, 7) is 0. The van der Waals surface area contributed by atoms with Crippen LogP contribution in [0.25, 0.3) is 10.8 Å². The second-order valence-electron chi connectivity index (χ2n) is 3.71. The molecule has 1 saturated heterocycles. The summed E-state index contributed by atoms with van der Waals surface area (Å²) in [5, 5.41) is 11.1. The van der Waals surface area contributed by atoms with Gasteiger partial charge in [0.1, 0.15) is 6.10 Å². The summed E-state index contributed by atoms with van der Waals surface area (Å²) in [6.07, 6.45) is -0.259. The maximum Gasteiger partial charge on any atom is 0.175 e. The quantitative estimate of drug-likeness (QED) is 0.656. The van der Waals surface area contributed by atoms with Gasteiger partial charge >= 0.3 is 0 Å². The lowest BCUT2D eigenvalue weighted by Crippen LogP contribution is -1.84. The van der Waals surface area contributed by atoms with Crippen LogP contribution in [0.15, 0.2) is 42.5 Å². The molecular weight excluding hydrogens is 186 g/mol. The van der Waals surface area contributed by atoms with E-state index in [9.17, 15) is 0 Å². The Balaban J connectivity index is 2.05. The van der Waals surface area contributed by atoms with Gasteiger partial charge in [-0.2, -0.15) is 5.26 Å². The molecule has 2 nitrogen and oxygen atoms in total. The van der Waals surface area contributed by atoms with Crippen LogP contribution < -0.4 is 0 Å². The molecule has 0 spiro atoms. The fourth-order valence-electron chi connectivity index (χ4n) is 1.85. The zero-order chi connectivity index (χ0) is 10.3. The minimum Gasteiger partial charge on any atom is -0.348 e. The molecule has 2 unspecified atom stereocenters. The van der Waals surface area contributed by atoms with Gasteiger partial charge in [-0.15, -0.1) is 0 Å². The normalized spacial score (nSPS) is 23.7. The summed E-state index contributed by atoms with van der Waals surface area (Å²) in [7, 11) is 0. The monoisotopic (exact) mass is 195 g/mol. The van der Waals surface area contributed by atoms with E-state index in [1.165, 1.54) is 10.8 Å². The van der Waals surface area contributed by atoms with Crippen molar-refractivity contribution in [1.82, 2.24) is 0 Å². The topological polar surface area (TPSA) is 36.3 Å². The predicted molar refractivity (Wildman–Crippen MR) is 57.2 cm³/mol. The number of hydrogen-bond donors (Lipinski definition) is 0. The summed E-state index contributed by atoms with van der Waals surface area (Å²) in [5.74, 6) is 0. The fraction of sp³-hybridized carbons (Fsp3) is 0.154. The highest BCUT2D eigenvalue weighted by atomic mass is 16.6. The Hall–Kier alpha value is -1.85. The molecule has 0 aliphatic carbocycles. The van der Waals surface area contributed by atoms with Gasteiger partial charge in [0.2, 0.25) is 0 Å². The first-order valence-electron chi connectivity index (χ1n) is 4.92. The Morgan fingerprint density at radius 2 is 1.87 bits per heavy atom. The number of rotatable bonds is 1. The molecule has 2 atom stereocenters. The SMILES string of the molecule is N#CC1OC1c1ccc2ccccc2c1. The van der Waals surface area contributed by atoms with Crippen molar-refractivity contribution >= 4 is 10.8 Å². The molecule has 15 heavy (non-hydrogen) atoms. The van der Waals surface area contributed by atoms with E-state index in [4.69, 9.17) is 10.00 Å². The van der Waals surface area contributed by atoms with Crippen molar-refractivity contribution in [2.75, 3.05) is 0 Å². The molecular formula is C13H9NO. The second kappa shape index (κ2) is 3.08. The Bertz CT molecular complexity index is 556. The number of epoxide rings is 1. The maximum atomic E-state index is 8.68. The van der Waals surface area contributed by atoms with Crippen molar-refractivity contribution < 1.29 is 4.74 Å². The highest BCUT2D eigenvalue weighted by molar-refractivity contribution is 5.83. The number of nitriles is 1. The summed E-state index contributed by atoms with van der Waals surface area (Å²) < 4.78 is 5.24. The molecule has 1 fully saturated rings. The maximum absolute atomic E-state index is 8.68. The van der Waals surface area contributed by atoms with Crippen molar-refractivity contribution in [3.05, 3.63) is 48.0 Å². The molecule has 0 N–H and O–H groups in total. The number of fused-ring (bicyclic) bond motifs is 1. The van der Waals surface area contributed by atoms with Gasteiger partial charge in [0.15, 0.2) is 6.10 Å². The Kier molecular flexibility index (Phi) is 1.74. The van der Waals surface area contributed by atoms with E-state index >= 15 is 0 Å². The lowest BCUT2D eigenvalue weighted by molar-refractivity contribution is 0.396. The smallest absolute Gasteiger partial charge is 0.175 e. The Morgan fingerprint density at radius 3 is 2.60 bits per heavy atom. The first-order chi connectivity index (χ1) is 7.38. The van der Waals surface area contributed by atoms with Gasteiger partial charge in [-0.25, -0.2) is 0 Å². The third kappa shape index (κ3) is 1.38. The lowest BCUT2D eigenvalue weighted by atomic mass is 10.0.